The summed E-state index contributed by atoms with van der Waals surface area (Å²) in [7, 11) is 1.21. The number of hydrogen-bond acceptors (Lipinski definition) is 15. The fourth-order valence-electron chi connectivity index (χ4n) is 5.38. The van der Waals surface area contributed by atoms with Gasteiger partial charge in [-0.15, -0.1) is 0 Å². The number of imidazole rings is 2. The van der Waals surface area contributed by atoms with Crippen LogP contribution in [0, 0.1) is 11.8 Å². The average Bonchev–Trinajstić information content (AvgIpc) is 3.69. The van der Waals surface area contributed by atoms with E-state index in [1.807, 2.05) is 4.57 Å². The molecule has 4 aromatic heterocycles. The van der Waals surface area contributed by atoms with Crippen LogP contribution in [0.3, 0.4) is 0 Å². The Balaban J connectivity index is 1.11. The van der Waals surface area contributed by atoms with Crippen molar-refractivity contribution in [3.8, 4) is 0 Å². The molecule has 21 heteroatoms. The third-order valence-corrected chi connectivity index (χ3v) is 11.3. The topological polar surface area (TPSA) is 220 Å². The van der Waals surface area contributed by atoms with Gasteiger partial charge in [0, 0.05) is 19.6 Å². The summed E-state index contributed by atoms with van der Waals surface area (Å²) in [4.78, 5) is 25.1. The predicted octanol–water partition coefficient (Wildman–Crippen LogP) is 3.46. The fraction of sp³-hybridized carbons (Fsp3) is 0.545. The van der Waals surface area contributed by atoms with Gasteiger partial charge in [0.25, 0.3) is 0 Å². The number of fused-ring (bicyclic) bond motifs is 2. The lowest BCUT2D eigenvalue weighted by molar-refractivity contribution is -0.0373. The molecule has 1 saturated heterocycles. The van der Waals surface area contributed by atoms with Crippen LogP contribution in [0.4, 0.5) is 11.6 Å². The second-order valence-electron chi connectivity index (χ2n) is 10.3. The molecule has 0 bridgehead atoms. The summed E-state index contributed by atoms with van der Waals surface area (Å²) < 4.78 is 57.3. The maximum Gasteiger partial charge on any atom is 0.386 e. The number of nitrogens with two attached hydrogens (primary N) is 2. The molecule has 6 rings (SSSR count). The third-order valence-electron chi connectivity index (χ3n) is 7.87. The zero-order chi connectivity index (χ0) is 30.5. The van der Waals surface area contributed by atoms with Crippen molar-refractivity contribution in [1.82, 2.24) is 39.0 Å². The van der Waals surface area contributed by atoms with Gasteiger partial charge in [-0.3, -0.25) is 13.6 Å². The number of ether oxygens (including phenoxy) is 1. The molecule has 8 atom stereocenters. The van der Waals surface area contributed by atoms with Gasteiger partial charge in [0.05, 0.1) is 25.9 Å². The maximum atomic E-state index is 13.4. The molecule has 1 saturated carbocycles. The van der Waals surface area contributed by atoms with Crippen LogP contribution in [-0.2, 0) is 32.0 Å². The number of thiol groups is 2. The molecular formula is C22H30N10O7P2S2. The minimum atomic E-state index is -3.88. The highest BCUT2D eigenvalue weighted by molar-refractivity contribution is 8.44. The largest absolute Gasteiger partial charge is 0.386 e. The van der Waals surface area contributed by atoms with Gasteiger partial charge in [-0.25, -0.2) is 39.0 Å². The molecule has 0 radical (unpaired) electrons. The molecule has 2 unspecified atom stereocenters. The predicted molar refractivity (Wildman–Crippen MR) is 161 cm³/mol. The Labute approximate surface area is 255 Å². The van der Waals surface area contributed by atoms with Gasteiger partial charge in [0.1, 0.15) is 42.1 Å². The van der Waals surface area contributed by atoms with Gasteiger partial charge >= 0.3 is 13.6 Å². The Morgan fingerprint density at radius 1 is 0.907 bits per heavy atom. The fourth-order valence-corrected chi connectivity index (χ4v) is 7.59. The van der Waals surface area contributed by atoms with Gasteiger partial charge in [-0.05, 0) is 18.3 Å². The molecule has 0 amide bonds. The molecular weight excluding hydrogens is 642 g/mol. The molecule has 1 aliphatic heterocycles. The van der Waals surface area contributed by atoms with E-state index in [1.165, 1.54) is 26.1 Å². The smallest absolute Gasteiger partial charge is 0.382 e. The first-order valence-corrected chi connectivity index (χ1v) is 18.6. The van der Waals surface area contributed by atoms with Crippen molar-refractivity contribution in [2.75, 3.05) is 31.8 Å². The molecule has 17 nitrogen and oxygen atoms in total. The average molecular weight is 673 g/mol. The van der Waals surface area contributed by atoms with Gasteiger partial charge in [0.15, 0.2) is 22.9 Å². The molecule has 2 fully saturated rings. The van der Waals surface area contributed by atoms with Gasteiger partial charge in [0.2, 0.25) is 0 Å². The number of aromatic nitrogens is 8. The van der Waals surface area contributed by atoms with E-state index < -0.39 is 32.0 Å². The second-order valence-corrected chi connectivity index (χ2v) is 16.2. The lowest BCUT2D eigenvalue weighted by Gasteiger charge is -2.43. The standard InChI is InChI=1S/C22H30N10O7P2S2/c1-11-12(3-13(11)31-9-29-17-19(23)25-7-27-21(17)31)5-36-41(34,43)39-14-4-16(38-15(14)6-37-40(33,42)35-2)32-10-30-18-20(24)26-8-28-22(18)32/h7-16H,3-6H2,1-2H3,(H,33,42)(H,34,43)(H2,23,25,27)(H2,24,26,28)/t11-,12-,13-,14+,15-,16-,40?,41?/m1/s1. The van der Waals surface area contributed by atoms with E-state index in [0.29, 0.717) is 28.1 Å². The van der Waals surface area contributed by atoms with Crippen LogP contribution in [0.25, 0.3) is 22.3 Å². The quantitative estimate of drug-likeness (QED) is 0.132. The van der Waals surface area contributed by atoms with E-state index in [9.17, 15) is 9.13 Å². The van der Waals surface area contributed by atoms with Crippen molar-refractivity contribution in [3.63, 3.8) is 0 Å². The Morgan fingerprint density at radius 2 is 1.51 bits per heavy atom. The van der Waals surface area contributed by atoms with E-state index in [4.69, 9.17) is 34.3 Å². The first-order chi connectivity index (χ1) is 20.5. The van der Waals surface area contributed by atoms with Gasteiger partial charge < -0.3 is 29.8 Å². The van der Waals surface area contributed by atoms with Gasteiger partial charge in [-0.2, -0.15) is 0 Å². The minimum Gasteiger partial charge on any atom is -0.382 e. The monoisotopic (exact) mass is 672 g/mol. The lowest BCUT2D eigenvalue weighted by atomic mass is 9.70. The van der Waals surface area contributed by atoms with Crippen LogP contribution in [0.15, 0.2) is 25.3 Å². The van der Waals surface area contributed by atoms with E-state index in [1.54, 1.807) is 10.9 Å². The maximum absolute atomic E-state index is 13.4. The van der Waals surface area contributed by atoms with Crippen LogP contribution < -0.4 is 11.5 Å². The van der Waals surface area contributed by atoms with Crippen molar-refractivity contribution in [3.05, 3.63) is 25.3 Å². The van der Waals surface area contributed by atoms with Crippen LogP contribution in [0.5, 0.6) is 0 Å². The Morgan fingerprint density at radius 3 is 2.14 bits per heavy atom. The molecule has 4 N–H and O–H groups in total. The number of anilines is 2. The van der Waals surface area contributed by atoms with Crippen molar-refractivity contribution >= 4 is 72.1 Å². The number of hydrogen-bond donors (Lipinski definition) is 4. The Kier molecular flexibility index (Phi) is 8.47. The number of rotatable bonds is 11. The second kappa shape index (κ2) is 11.9. The SMILES string of the molecule is COP(=O)(S)OC[C@H]1O[C@@H](n2cnc3c(N)ncnc32)C[C@@H]1OP(=O)(S)OC[C@H]1C[C@@H](n2cnc3c(N)ncnc32)[C@@H]1C. The summed E-state index contributed by atoms with van der Waals surface area (Å²) in [5.41, 5.74) is 13.9. The van der Waals surface area contributed by atoms with Crippen molar-refractivity contribution in [1.29, 1.82) is 0 Å². The van der Waals surface area contributed by atoms with Crippen LogP contribution in [-0.4, -0.2) is 71.6 Å². The normalized spacial score (nSPS) is 28.6. The molecule has 43 heavy (non-hydrogen) atoms. The molecule has 4 aromatic rings. The van der Waals surface area contributed by atoms with E-state index >= 15 is 0 Å². The lowest BCUT2D eigenvalue weighted by Crippen LogP contribution is -2.39. The number of nitrogen functional groups attached to an aromatic ring is 2. The zero-order valence-corrected chi connectivity index (χ0v) is 26.6. The summed E-state index contributed by atoms with van der Waals surface area (Å²) in [6.45, 7) is -5.53. The molecule has 2 aliphatic rings. The van der Waals surface area contributed by atoms with Gasteiger partial charge in [-0.1, -0.05) is 31.4 Å². The first kappa shape index (κ1) is 30.7. The van der Waals surface area contributed by atoms with Crippen molar-refractivity contribution < 1.29 is 32.0 Å². The van der Waals surface area contributed by atoms with E-state index in [-0.39, 0.29) is 43.3 Å². The van der Waals surface area contributed by atoms with Crippen LogP contribution >= 0.6 is 38.1 Å². The summed E-state index contributed by atoms with van der Waals surface area (Å²) in [5.74, 6) is 0.773. The van der Waals surface area contributed by atoms with Crippen LogP contribution in [0.2, 0.25) is 0 Å². The highest BCUT2D eigenvalue weighted by Crippen LogP contribution is 2.58. The van der Waals surface area contributed by atoms with Crippen LogP contribution in [0.1, 0.15) is 32.0 Å². The summed E-state index contributed by atoms with van der Waals surface area (Å²) in [6.07, 6.45) is 4.54. The Bertz CT molecular complexity index is 1740. The molecule has 0 aromatic carbocycles. The van der Waals surface area contributed by atoms with Crippen molar-refractivity contribution in [2.45, 2.75) is 44.2 Å². The number of nitrogens with zero attached hydrogens (tertiary/aromatic N) is 8. The zero-order valence-electron chi connectivity index (χ0n) is 23.0. The van der Waals surface area contributed by atoms with E-state index in [0.717, 1.165) is 6.42 Å². The Hall–Kier alpha value is -2.34. The molecule has 5 heterocycles. The molecule has 1 aliphatic carbocycles. The highest BCUT2D eigenvalue weighted by atomic mass is 32.7. The summed E-state index contributed by atoms with van der Waals surface area (Å²) >= 11 is 8.16. The summed E-state index contributed by atoms with van der Waals surface area (Å²) in [6, 6.07) is 0.110. The van der Waals surface area contributed by atoms with E-state index in [2.05, 4.69) is 61.3 Å². The minimum absolute atomic E-state index is 0.0802. The molecule has 232 valence electrons. The highest BCUT2D eigenvalue weighted by Gasteiger charge is 2.44. The van der Waals surface area contributed by atoms with Crippen molar-refractivity contribution in [2.24, 2.45) is 11.8 Å². The summed E-state index contributed by atoms with van der Waals surface area (Å²) in [5, 5.41) is 0. The first-order valence-electron chi connectivity index (χ1n) is 13.2. The third kappa shape index (κ3) is 6.15. The molecule has 0 spiro atoms.